The second-order valence-electron chi connectivity index (χ2n) is 10.1. The molecule has 3 heterocycles. The lowest BCUT2D eigenvalue weighted by Crippen LogP contribution is -2.39. The molecular formula is C28H30F4N8O3. The summed E-state index contributed by atoms with van der Waals surface area (Å²) in [5.41, 5.74) is 6.50. The first-order chi connectivity index (χ1) is 20.6. The molecule has 0 spiro atoms. The number of aliphatic imine (C=N–C) groups is 1. The zero-order chi connectivity index (χ0) is 30.6. The Morgan fingerprint density at radius 2 is 1.81 bits per heavy atom. The number of amidine groups is 1. The number of ether oxygens (including phenoxy) is 1. The van der Waals surface area contributed by atoms with Gasteiger partial charge < -0.3 is 26.4 Å². The summed E-state index contributed by atoms with van der Waals surface area (Å²) >= 11 is 0. The zero-order valence-electron chi connectivity index (χ0n) is 23.0. The third-order valence-corrected chi connectivity index (χ3v) is 7.21. The minimum absolute atomic E-state index is 0.188. The van der Waals surface area contributed by atoms with Crippen LogP contribution in [0.1, 0.15) is 17.5 Å². The molecule has 2 aromatic carbocycles. The first-order valence-corrected chi connectivity index (χ1v) is 13.6. The number of hydrazone groups is 1. The van der Waals surface area contributed by atoms with E-state index in [0.717, 1.165) is 26.1 Å². The Morgan fingerprint density at radius 1 is 1.07 bits per heavy atom. The van der Waals surface area contributed by atoms with Crippen LogP contribution in [0.25, 0.3) is 5.57 Å². The predicted molar refractivity (Wildman–Crippen MR) is 153 cm³/mol. The van der Waals surface area contributed by atoms with Gasteiger partial charge in [0.25, 0.3) is 0 Å². The Morgan fingerprint density at radius 3 is 2.53 bits per heavy atom. The van der Waals surface area contributed by atoms with E-state index in [1.165, 1.54) is 6.34 Å². The Bertz CT molecular complexity index is 1450. The minimum atomic E-state index is -4.70. The average molecular weight is 603 g/mol. The minimum Gasteiger partial charge on any atom is -0.382 e. The predicted octanol–water partition coefficient (Wildman–Crippen LogP) is 3.28. The SMILES string of the molecule is NC1=NC=NN2CC(C(=O)NCCCN3CCOCC3)C(c3ccc(NC(=O)Nc4cc(C(F)(F)F)ccc4F)cc3)=C12. The number of benzene rings is 2. The lowest BCUT2D eigenvalue weighted by atomic mass is 9.92. The molecule has 2 aromatic rings. The van der Waals surface area contributed by atoms with Crippen molar-refractivity contribution in [3.63, 3.8) is 0 Å². The summed E-state index contributed by atoms with van der Waals surface area (Å²) in [5, 5.41) is 13.5. The molecule has 3 aliphatic rings. The summed E-state index contributed by atoms with van der Waals surface area (Å²) in [4.78, 5) is 32.1. The van der Waals surface area contributed by atoms with Crippen molar-refractivity contribution in [3.8, 4) is 0 Å². The number of carbonyl (C=O) groups is 2. The number of nitrogens with one attached hydrogen (secondary N) is 3. The summed E-state index contributed by atoms with van der Waals surface area (Å²) in [6.45, 7) is 4.75. The quantitative estimate of drug-likeness (QED) is 0.271. The van der Waals surface area contributed by atoms with Gasteiger partial charge in [-0.1, -0.05) is 12.1 Å². The zero-order valence-corrected chi connectivity index (χ0v) is 23.0. The maximum Gasteiger partial charge on any atom is 0.416 e. The molecule has 11 nitrogen and oxygen atoms in total. The van der Waals surface area contributed by atoms with E-state index in [0.29, 0.717) is 54.8 Å². The van der Waals surface area contributed by atoms with Crippen LogP contribution < -0.4 is 21.7 Å². The fourth-order valence-electron chi connectivity index (χ4n) is 5.08. The van der Waals surface area contributed by atoms with Crippen LogP contribution >= 0.6 is 0 Å². The summed E-state index contributed by atoms with van der Waals surface area (Å²) < 4.78 is 58.4. The first-order valence-electron chi connectivity index (χ1n) is 13.6. The smallest absolute Gasteiger partial charge is 0.382 e. The average Bonchev–Trinajstić information content (AvgIpc) is 3.38. The number of amides is 3. The van der Waals surface area contributed by atoms with Crippen LogP contribution in [0.3, 0.4) is 0 Å². The van der Waals surface area contributed by atoms with Gasteiger partial charge in [0.1, 0.15) is 17.9 Å². The van der Waals surface area contributed by atoms with Gasteiger partial charge in [-0.05, 0) is 48.9 Å². The number of hydrogen-bond donors (Lipinski definition) is 4. The Kier molecular flexibility index (Phi) is 8.92. The highest BCUT2D eigenvalue weighted by molar-refractivity contribution is 6.11. The Balaban J connectivity index is 1.26. The van der Waals surface area contributed by atoms with Crippen LogP contribution in [0.2, 0.25) is 0 Å². The number of morpholine rings is 1. The van der Waals surface area contributed by atoms with E-state index in [4.69, 9.17) is 10.5 Å². The molecule has 0 radical (unpaired) electrons. The molecule has 1 unspecified atom stereocenters. The van der Waals surface area contributed by atoms with Crippen LogP contribution in [-0.4, -0.2) is 80.0 Å². The first kappa shape index (κ1) is 30.0. The van der Waals surface area contributed by atoms with Crippen LogP contribution in [0.15, 0.2) is 58.3 Å². The van der Waals surface area contributed by atoms with Crippen molar-refractivity contribution in [2.24, 2.45) is 21.7 Å². The number of fused-ring (bicyclic) bond motifs is 1. The van der Waals surface area contributed by atoms with Crippen molar-refractivity contribution >= 4 is 41.1 Å². The molecule has 5 rings (SSSR count). The standard InChI is InChI=1S/C28H30F4N8O3/c29-21-7-4-18(28(30,31)32)14-22(21)38-27(42)37-19-5-2-17(3-6-19)23-20(15-40-24(23)25(33)35-16-36-40)26(41)34-8-1-9-39-10-12-43-13-11-39/h2-7,14,16,20H,1,8-13,15H2,(H,34,41)(H2,33,35,36)(H2,37,38,42). The van der Waals surface area contributed by atoms with E-state index < -0.39 is 35.2 Å². The molecule has 1 fully saturated rings. The lowest BCUT2D eigenvalue weighted by Gasteiger charge is -2.26. The van der Waals surface area contributed by atoms with Crippen molar-refractivity contribution in [3.05, 3.63) is 65.1 Å². The van der Waals surface area contributed by atoms with Crippen molar-refractivity contribution in [2.75, 3.05) is 56.6 Å². The van der Waals surface area contributed by atoms with Gasteiger partial charge in [0.05, 0.1) is 36.9 Å². The lowest BCUT2D eigenvalue weighted by molar-refractivity contribution is -0.137. The number of urea groups is 1. The van der Waals surface area contributed by atoms with Gasteiger partial charge in [0, 0.05) is 30.9 Å². The van der Waals surface area contributed by atoms with Gasteiger partial charge in [0.2, 0.25) is 5.91 Å². The second-order valence-corrected chi connectivity index (χ2v) is 10.1. The fraction of sp³-hybridized carbons (Fsp3) is 0.357. The van der Waals surface area contributed by atoms with E-state index in [1.807, 2.05) is 0 Å². The van der Waals surface area contributed by atoms with Gasteiger partial charge in [-0.25, -0.2) is 14.2 Å². The summed E-state index contributed by atoms with van der Waals surface area (Å²) in [6.07, 6.45) is -2.60. The fourth-order valence-corrected chi connectivity index (χ4v) is 5.08. The summed E-state index contributed by atoms with van der Waals surface area (Å²) in [5.74, 6) is -1.60. The third kappa shape index (κ3) is 7.11. The monoisotopic (exact) mass is 602 g/mol. The van der Waals surface area contributed by atoms with Crippen LogP contribution in [0.5, 0.6) is 0 Å². The van der Waals surface area contributed by atoms with E-state index in [-0.39, 0.29) is 24.0 Å². The molecule has 0 saturated carbocycles. The molecule has 0 aromatic heterocycles. The summed E-state index contributed by atoms with van der Waals surface area (Å²) in [6, 6.07) is 7.22. The molecule has 228 valence electrons. The molecule has 0 aliphatic carbocycles. The number of rotatable bonds is 8. The highest BCUT2D eigenvalue weighted by Gasteiger charge is 2.39. The summed E-state index contributed by atoms with van der Waals surface area (Å²) in [7, 11) is 0. The number of nitrogens with zero attached hydrogens (tertiary/aromatic N) is 4. The van der Waals surface area contributed by atoms with Gasteiger partial charge >= 0.3 is 12.2 Å². The Labute approximate surface area is 244 Å². The number of nitrogens with two attached hydrogens (primary N) is 1. The highest BCUT2D eigenvalue weighted by Crippen LogP contribution is 2.38. The Hall–Kier alpha value is -4.50. The number of alkyl halides is 3. The number of anilines is 2. The van der Waals surface area contributed by atoms with Crippen molar-refractivity contribution in [2.45, 2.75) is 12.6 Å². The molecule has 0 bridgehead atoms. The normalized spacial score (nSPS) is 18.7. The van der Waals surface area contributed by atoms with E-state index in [2.05, 4.69) is 30.9 Å². The second kappa shape index (κ2) is 12.8. The van der Waals surface area contributed by atoms with E-state index in [9.17, 15) is 27.2 Å². The molecule has 1 atom stereocenters. The molecule has 1 saturated heterocycles. The van der Waals surface area contributed by atoms with E-state index >= 15 is 0 Å². The highest BCUT2D eigenvalue weighted by atomic mass is 19.4. The number of carbonyl (C=O) groups excluding carboxylic acids is 2. The van der Waals surface area contributed by atoms with Crippen molar-refractivity contribution in [1.29, 1.82) is 0 Å². The molecule has 15 heteroatoms. The van der Waals surface area contributed by atoms with Gasteiger partial charge in [-0.15, -0.1) is 0 Å². The molecular weight excluding hydrogens is 572 g/mol. The molecule has 43 heavy (non-hydrogen) atoms. The van der Waals surface area contributed by atoms with Crippen LogP contribution in [0.4, 0.5) is 33.7 Å². The van der Waals surface area contributed by atoms with Crippen LogP contribution in [0, 0.1) is 11.7 Å². The van der Waals surface area contributed by atoms with Gasteiger partial charge in [0.15, 0.2) is 5.84 Å². The molecule has 3 aliphatic heterocycles. The van der Waals surface area contributed by atoms with Crippen LogP contribution in [-0.2, 0) is 15.7 Å². The van der Waals surface area contributed by atoms with Gasteiger partial charge in [-0.3, -0.25) is 14.7 Å². The topological polar surface area (TPSA) is 137 Å². The van der Waals surface area contributed by atoms with E-state index in [1.54, 1.807) is 29.3 Å². The van der Waals surface area contributed by atoms with Gasteiger partial charge in [-0.2, -0.15) is 18.3 Å². The third-order valence-electron chi connectivity index (χ3n) is 7.21. The molecule has 5 N–H and O–H groups in total. The maximum atomic E-state index is 14.0. The van der Waals surface area contributed by atoms with Crippen molar-refractivity contribution in [1.82, 2.24) is 15.2 Å². The van der Waals surface area contributed by atoms with Crippen molar-refractivity contribution < 1.29 is 31.9 Å². The molecule has 3 amide bonds. The maximum absolute atomic E-state index is 14.0. The largest absolute Gasteiger partial charge is 0.416 e. The number of hydrogen-bond acceptors (Lipinski definition) is 8. The number of halogens is 4.